The fourth-order valence-electron chi connectivity index (χ4n) is 1.56. The molecular formula is C13H20N2O. The number of rotatable bonds is 4. The Morgan fingerprint density at radius 1 is 1.25 bits per heavy atom. The number of hydrogen-bond donors (Lipinski definition) is 1. The first-order valence-corrected chi connectivity index (χ1v) is 5.62. The van der Waals surface area contributed by atoms with Crippen LogP contribution in [0.3, 0.4) is 0 Å². The predicted octanol–water partition coefficient (Wildman–Crippen LogP) is 1.77. The van der Waals surface area contributed by atoms with E-state index in [4.69, 9.17) is 5.73 Å². The number of carbonyl (C=O) groups excluding carboxylic acids is 1. The van der Waals surface area contributed by atoms with Gasteiger partial charge in [0.1, 0.15) is 0 Å². The molecule has 88 valence electrons. The molecule has 0 saturated heterocycles. The monoisotopic (exact) mass is 220 g/mol. The van der Waals surface area contributed by atoms with Crippen molar-refractivity contribution in [3.63, 3.8) is 0 Å². The molecule has 0 spiro atoms. The molecule has 0 aliphatic rings. The SMILES string of the molecule is CC(C)N(Cc1ccccc1)C(=O)[C@@H](C)N. The molecule has 1 amide bonds. The third-order valence-electron chi connectivity index (χ3n) is 2.49. The molecule has 2 N–H and O–H groups in total. The van der Waals surface area contributed by atoms with E-state index in [1.54, 1.807) is 11.8 Å². The van der Waals surface area contributed by atoms with Crippen LogP contribution < -0.4 is 5.73 Å². The van der Waals surface area contributed by atoms with Crippen LogP contribution in [0.25, 0.3) is 0 Å². The Kier molecular flexibility index (Phi) is 4.50. The molecule has 0 heterocycles. The van der Waals surface area contributed by atoms with Gasteiger partial charge in [-0.1, -0.05) is 30.3 Å². The summed E-state index contributed by atoms with van der Waals surface area (Å²) in [6, 6.07) is 9.68. The number of benzene rings is 1. The lowest BCUT2D eigenvalue weighted by atomic mass is 10.1. The summed E-state index contributed by atoms with van der Waals surface area (Å²) >= 11 is 0. The van der Waals surface area contributed by atoms with Gasteiger partial charge < -0.3 is 10.6 Å². The topological polar surface area (TPSA) is 46.3 Å². The van der Waals surface area contributed by atoms with Crippen LogP contribution in [0, 0.1) is 0 Å². The van der Waals surface area contributed by atoms with Gasteiger partial charge >= 0.3 is 0 Å². The fourth-order valence-corrected chi connectivity index (χ4v) is 1.56. The van der Waals surface area contributed by atoms with Crippen molar-refractivity contribution >= 4 is 5.91 Å². The summed E-state index contributed by atoms with van der Waals surface area (Å²) in [6.45, 7) is 6.36. The smallest absolute Gasteiger partial charge is 0.239 e. The number of carbonyl (C=O) groups is 1. The van der Waals surface area contributed by atoms with Crippen LogP contribution >= 0.6 is 0 Å². The highest BCUT2D eigenvalue weighted by atomic mass is 16.2. The second kappa shape index (κ2) is 5.66. The van der Waals surface area contributed by atoms with Crippen molar-refractivity contribution in [1.29, 1.82) is 0 Å². The maximum Gasteiger partial charge on any atom is 0.239 e. The zero-order valence-corrected chi connectivity index (χ0v) is 10.2. The van der Waals surface area contributed by atoms with Gasteiger partial charge in [0.15, 0.2) is 0 Å². The van der Waals surface area contributed by atoms with E-state index in [1.165, 1.54) is 0 Å². The van der Waals surface area contributed by atoms with Crippen molar-refractivity contribution in [2.75, 3.05) is 0 Å². The van der Waals surface area contributed by atoms with E-state index in [-0.39, 0.29) is 11.9 Å². The van der Waals surface area contributed by atoms with Crippen molar-refractivity contribution in [3.05, 3.63) is 35.9 Å². The van der Waals surface area contributed by atoms with E-state index in [9.17, 15) is 4.79 Å². The van der Waals surface area contributed by atoms with E-state index in [2.05, 4.69) is 0 Å². The highest BCUT2D eigenvalue weighted by Gasteiger charge is 2.20. The van der Waals surface area contributed by atoms with Crippen LogP contribution in [0.4, 0.5) is 0 Å². The molecule has 0 saturated carbocycles. The Labute approximate surface area is 97.2 Å². The van der Waals surface area contributed by atoms with Crippen LogP contribution in [0.5, 0.6) is 0 Å². The average Bonchev–Trinajstić information content (AvgIpc) is 2.26. The minimum Gasteiger partial charge on any atom is -0.335 e. The Morgan fingerprint density at radius 3 is 2.25 bits per heavy atom. The lowest BCUT2D eigenvalue weighted by Crippen LogP contribution is -2.45. The lowest BCUT2D eigenvalue weighted by Gasteiger charge is -2.28. The fraction of sp³-hybridized carbons (Fsp3) is 0.462. The lowest BCUT2D eigenvalue weighted by molar-refractivity contribution is -0.134. The van der Waals surface area contributed by atoms with Gasteiger partial charge in [0.05, 0.1) is 6.04 Å². The molecule has 0 aromatic heterocycles. The van der Waals surface area contributed by atoms with E-state index in [1.807, 2.05) is 44.2 Å². The van der Waals surface area contributed by atoms with E-state index in [0.29, 0.717) is 6.54 Å². The standard InChI is InChI=1S/C13H20N2O/c1-10(2)15(13(16)11(3)14)9-12-7-5-4-6-8-12/h4-8,10-11H,9,14H2,1-3H3/t11-/m1/s1. The highest BCUT2D eigenvalue weighted by molar-refractivity contribution is 5.81. The Balaban J connectivity index is 2.77. The Bertz CT molecular complexity index is 333. The molecule has 0 aliphatic carbocycles. The summed E-state index contributed by atoms with van der Waals surface area (Å²) in [4.78, 5) is 13.7. The molecule has 0 radical (unpaired) electrons. The summed E-state index contributed by atoms with van der Waals surface area (Å²) in [6.07, 6.45) is 0. The Hall–Kier alpha value is -1.35. The average molecular weight is 220 g/mol. The summed E-state index contributed by atoms with van der Waals surface area (Å²) in [5.41, 5.74) is 6.77. The van der Waals surface area contributed by atoms with Crippen LogP contribution in [0.15, 0.2) is 30.3 Å². The largest absolute Gasteiger partial charge is 0.335 e. The molecule has 1 aromatic rings. The van der Waals surface area contributed by atoms with Gasteiger partial charge in [-0.2, -0.15) is 0 Å². The number of nitrogens with zero attached hydrogens (tertiary/aromatic N) is 1. The van der Waals surface area contributed by atoms with Crippen LogP contribution in [-0.2, 0) is 11.3 Å². The van der Waals surface area contributed by atoms with Crippen LogP contribution in [0.2, 0.25) is 0 Å². The van der Waals surface area contributed by atoms with Gasteiger partial charge in [-0.25, -0.2) is 0 Å². The third kappa shape index (κ3) is 3.35. The van der Waals surface area contributed by atoms with E-state index < -0.39 is 6.04 Å². The molecule has 0 aliphatic heterocycles. The maximum absolute atomic E-state index is 11.9. The first-order valence-electron chi connectivity index (χ1n) is 5.62. The van der Waals surface area contributed by atoms with Crippen molar-refractivity contribution in [2.24, 2.45) is 5.73 Å². The van der Waals surface area contributed by atoms with Crippen LogP contribution in [0.1, 0.15) is 26.3 Å². The molecule has 1 atom stereocenters. The van der Waals surface area contributed by atoms with Crippen molar-refractivity contribution in [2.45, 2.75) is 39.4 Å². The number of nitrogens with two attached hydrogens (primary N) is 1. The normalized spacial score (nSPS) is 12.6. The van der Waals surface area contributed by atoms with Gasteiger partial charge in [-0.3, -0.25) is 4.79 Å². The zero-order valence-electron chi connectivity index (χ0n) is 10.2. The molecule has 16 heavy (non-hydrogen) atoms. The molecule has 0 unspecified atom stereocenters. The van der Waals surface area contributed by atoms with Gasteiger partial charge in [0.25, 0.3) is 0 Å². The van der Waals surface area contributed by atoms with Crippen molar-refractivity contribution in [3.8, 4) is 0 Å². The van der Waals surface area contributed by atoms with E-state index in [0.717, 1.165) is 5.56 Å². The molecule has 3 heteroatoms. The van der Waals surface area contributed by atoms with Crippen LogP contribution in [-0.4, -0.2) is 22.9 Å². The second-order valence-electron chi connectivity index (χ2n) is 4.33. The maximum atomic E-state index is 11.9. The number of amides is 1. The van der Waals surface area contributed by atoms with E-state index >= 15 is 0 Å². The molecular weight excluding hydrogens is 200 g/mol. The summed E-state index contributed by atoms with van der Waals surface area (Å²) in [5.74, 6) is -0.00106. The van der Waals surface area contributed by atoms with Gasteiger partial charge in [0, 0.05) is 12.6 Å². The van der Waals surface area contributed by atoms with Gasteiger partial charge in [0.2, 0.25) is 5.91 Å². The quantitative estimate of drug-likeness (QED) is 0.840. The zero-order chi connectivity index (χ0) is 12.1. The first kappa shape index (κ1) is 12.7. The summed E-state index contributed by atoms with van der Waals surface area (Å²) < 4.78 is 0. The molecule has 0 fully saturated rings. The Morgan fingerprint density at radius 2 is 1.81 bits per heavy atom. The molecule has 1 rings (SSSR count). The van der Waals surface area contributed by atoms with Crippen molar-refractivity contribution in [1.82, 2.24) is 4.90 Å². The highest BCUT2D eigenvalue weighted by Crippen LogP contribution is 2.09. The minimum atomic E-state index is -0.439. The summed E-state index contributed by atoms with van der Waals surface area (Å²) in [7, 11) is 0. The van der Waals surface area contributed by atoms with Gasteiger partial charge in [-0.05, 0) is 26.3 Å². The van der Waals surface area contributed by atoms with Crippen molar-refractivity contribution < 1.29 is 4.79 Å². The molecule has 0 bridgehead atoms. The summed E-state index contributed by atoms with van der Waals surface area (Å²) in [5, 5.41) is 0. The molecule has 1 aromatic carbocycles. The number of hydrogen-bond acceptors (Lipinski definition) is 2. The third-order valence-corrected chi connectivity index (χ3v) is 2.49. The first-order chi connectivity index (χ1) is 7.52. The van der Waals surface area contributed by atoms with Gasteiger partial charge in [-0.15, -0.1) is 0 Å². The predicted molar refractivity (Wildman–Crippen MR) is 65.8 cm³/mol. The molecule has 3 nitrogen and oxygen atoms in total. The second-order valence-corrected chi connectivity index (χ2v) is 4.33. The minimum absolute atomic E-state index is 0.00106.